The summed E-state index contributed by atoms with van der Waals surface area (Å²) in [6.45, 7) is 0. The average molecular weight is 345 g/mol. The molecular weight excluding hydrogens is 326 g/mol. The highest BCUT2D eigenvalue weighted by Gasteiger charge is 2.30. The zero-order valence-electron chi connectivity index (χ0n) is 13.5. The quantitative estimate of drug-likeness (QED) is 0.683. The fourth-order valence-electron chi connectivity index (χ4n) is 3.63. The summed E-state index contributed by atoms with van der Waals surface area (Å²) >= 11 is 5.42. The van der Waals surface area contributed by atoms with Crippen molar-refractivity contribution in [2.45, 2.75) is 50.5 Å². The van der Waals surface area contributed by atoms with E-state index in [1.807, 2.05) is 4.57 Å². The van der Waals surface area contributed by atoms with Crippen LogP contribution >= 0.6 is 12.2 Å². The molecule has 2 saturated carbocycles. The van der Waals surface area contributed by atoms with Crippen molar-refractivity contribution >= 4 is 29.2 Å². The maximum atomic E-state index is 12.5. The van der Waals surface area contributed by atoms with E-state index in [2.05, 4.69) is 4.98 Å². The minimum absolute atomic E-state index is 0.226. The molecule has 0 unspecified atom stereocenters. The number of H-pyrrole nitrogens is 1. The Balaban J connectivity index is 2.08. The summed E-state index contributed by atoms with van der Waals surface area (Å²) < 4.78 is 7.22. The molecule has 0 radical (unpaired) electrons. The first-order valence-electron chi connectivity index (χ1n) is 8.38. The number of hydrogen-bond acceptors (Lipinski definition) is 5. The molecule has 24 heavy (non-hydrogen) atoms. The van der Waals surface area contributed by atoms with Crippen LogP contribution in [-0.4, -0.2) is 27.6 Å². The van der Waals surface area contributed by atoms with Gasteiger partial charge >= 0.3 is 5.97 Å². The molecule has 2 aromatic rings. The minimum Gasteiger partial charge on any atom is -0.465 e. The second kappa shape index (κ2) is 5.81. The molecule has 0 aromatic carbocycles. The fraction of sp³-hybridized carbons (Fsp3) is 0.529. The molecule has 0 amide bonds. The van der Waals surface area contributed by atoms with E-state index in [-0.39, 0.29) is 22.6 Å². The van der Waals surface area contributed by atoms with Gasteiger partial charge in [0.15, 0.2) is 4.77 Å². The van der Waals surface area contributed by atoms with Crippen molar-refractivity contribution in [2.75, 3.05) is 7.11 Å². The Kier molecular flexibility index (Phi) is 3.75. The number of carbonyl (C=O) groups is 1. The molecule has 126 valence electrons. The number of nitrogens with zero attached hydrogens (tertiary/aromatic N) is 2. The number of methoxy groups -OCH3 is 1. The standard InChI is InChI=1S/C17H19N3O3S/c1-23-16(22)11-8-12(9-6-7-9)18-14-13(11)15(21)19-17(24)20(14)10-4-2-3-5-10/h8-10H,2-7H2,1H3,(H,19,21,24). The SMILES string of the molecule is COC(=O)c1cc(C2CC2)nc2c1c(=O)[nH]c(=S)n2C1CCCC1. The van der Waals surface area contributed by atoms with Gasteiger partial charge in [-0.2, -0.15) is 0 Å². The first-order valence-corrected chi connectivity index (χ1v) is 8.78. The fourth-order valence-corrected chi connectivity index (χ4v) is 3.95. The Hall–Kier alpha value is -2.02. The lowest BCUT2D eigenvalue weighted by molar-refractivity contribution is 0.0602. The van der Waals surface area contributed by atoms with E-state index in [0.29, 0.717) is 16.3 Å². The van der Waals surface area contributed by atoms with Crippen LogP contribution < -0.4 is 5.56 Å². The molecule has 6 nitrogen and oxygen atoms in total. The number of pyridine rings is 1. The summed E-state index contributed by atoms with van der Waals surface area (Å²) in [7, 11) is 1.33. The van der Waals surface area contributed by atoms with Crippen molar-refractivity contribution in [3.63, 3.8) is 0 Å². The molecule has 2 aliphatic carbocycles. The molecular formula is C17H19N3O3S. The number of rotatable bonds is 3. The molecule has 2 aliphatic rings. The van der Waals surface area contributed by atoms with Crippen molar-refractivity contribution in [3.05, 3.63) is 32.4 Å². The first-order chi connectivity index (χ1) is 11.6. The summed E-state index contributed by atoms with van der Waals surface area (Å²) in [5.74, 6) is -0.146. The maximum Gasteiger partial charge on any atom is 0.338 e. The van der Waals surface area contributed by atoms with Crippen LogP contribution in [0.5, 0.6) is 0 Å². The summed E-state index contributed by atoms with van der Waals surface area (Å²) in [4.78, 5) is 32.2. The molecule has 1 N–H and O–H groups in total. The molecule has 0 spiro atoms. The van der Waals surface area contributed by atoms with Gasteiger partial charge < -0.3 is 4.74 Å². The van der Waals surface area contributed by atoms with E-state index in [1.165, 1.54) is 7.11 Å². The Morgan fingerprint density at radius 3 is 2.67 bits per heavy atom. The van der Waals surface area contributed by atoms with Gasteiger partial charge in [-0.25, -0.2) is 9.78 Å². The summed E-state index contributed by atoms with van der Waals surface area (Å²) in [6, 6.07) is 1.94. The second-order valence-corrected chi connectivity index (χ2v) is 7.01. The van der Waals surface area contributed by atoms with E-state index in [9.17, 15) is 9.59 Å². The highest BCUT2D eigenvalue weighted by molar-refractivity contribution is 7.71. The predicted molar refractivity (Wildman–Crippen MR) is 92.0 cm³/mol. The lowest BCUT2D eigenvalue weighted by Crippen LogP contribution is -2.21. The third-order valence-electron chi connectivity index (χ3n) is 5.01. The highest BCUT2D eigenvalue weighted by Crippen LogP contribution is 2.40. The molecule has 4 rings (SSSR count). The number of carbonyl (C=O) groups excluding carboxylic acids is 1. The highest BCUT2D eigenvalue weighted by atomic mass is 32.1. The van der Waals surface area contributed by atoms with Crippen LogP contribution in [0, 0.1) is 4.77 Å². The first kappa shape index (κ1) is 15.5. The number of aromatic amines is 1. The normalized spacial score (nSPS) is 18.2. The smallest absolute Gasteiger partial charge is 0.338 e. The van der Waals surface area contributed by atoms with Gasteiger partial charge in [0.2, 0.25) is 0 Å². The Bertz CT molecular complexity index is 936. The number of fused-ring (bicyclic) bond motifs is 1. The summed E-state index contributed by atoms with van der Waals surface area (Å²) in [6.07, 6.45) is 6.42. The van der Waals surface area contributed by atoms with Gasteiger partial charge in [-0.15, -0.1) is 0 Å². The lowest BCUT2D eigenvalue weighted by atomic mass is 10.1. The van der Waals surface area contributed by atoms with Crippen LogP contribution in [0.4, 0.5) is 0 Å². The van der Waals surface area contributed by atoms with Crippen LogP contribution in [0.25, 0.3) is 11.0 Å². The van der Waals surface area contributed by atoms with Gasteiger partial charge in [0, 0.05) is 17.7 Å². The van der Waals surface area contributed by atoms with Gasteiger partial charge in [-0.3, -0.25) is 14.3 Å². The topological polar surface area (TPSA) is 77.0 Å². The van der Waals surface area contributed by atoms with Crippen molar-refractivity contribution in [1.29, 1.82) is 0 Å². The summed E-state index contributed by atoms with van der Waals surface area (Å²) in [5, 5.41) is 0.284. The third-order valence-corrected chi connectivity index (χ3v) is 5.30. The largest absolute Gasteiger partial charge is 0.465 e. The van der Waals surface area contributed by atoms with Gasteiger partial charge in [0.1, 0.15) is 5.65 Å². The number of ether oxygens (including phenoxy) is 1. The Morgan fingerprint density at radius 2 is 2.04 bits per heavy atom. The van der Waals surface area contributed by atoms with E-state index < -0.39 is 5.97 Å². The van der Waals surface area contributed by atoms with Crippen LogP contribution in [0.3, 0.4) is 0 Å². The monoisotopic (exact) mass is 345 g/mol. The van der Waals surface area contributed by atoms with Gasteiger partial charge in [0.25, 0.3) is 5.56 Å². The molecule has 2 fully saturated rings. The Labute approximate surface area is 143 Å². The lowest BCUT2D eigenvalue weighted by Gasteiger charge is -2.18. The average Bonchev–Trinajstić information content (AvgIpc) is 3.29. The number of esters is 1. The van der Waals surface area contributed by atoms with Crippen molar-refractivity contribution < 1.29 is 9.53 Å². The van der Waals surface area contributed by atoms with Gasteiger partial charge in [-0.05, 0) is 44.0 Å². The van der Waals surface area contributed by atoms with Crippen molar-refractivity contribution in [2.24, 2.45) is 0 Å². The zero-order chi connectivity index (χ0) is 16.8. The number of hydrogen-bond donors (Lipinski definition) is 1. The van der Waals surface area contributed by atoms with Crippen LogP contribution in [0.2, 0.25) is 0 Å². The molecule has 2 aromatic heterocycles. The van der Waals surface area contributed by atoms with Crippen LogP contribution in [-0.2, 0) is 4.74 Å². The van der Waals surface area contributed by atoms with E-state index in [0.717, 1.165) is 44.2 Å². The predicted octanol–water partition coefficient (Wildman–Crippen LogP) is 3.23. The Morgan fingerprint density at radius 1 is 1.33 bits per heavy atom. The maximum absolute atomic E-state index is 12.5. The number of aromatic nitrogens is 3. The van der Waals surface area contributed by atoms with E-state index >= 15 is 0 Å². The third kappa shape index (κ3) is 2.47. The van der Waals surface area contributed by atoms with Crippen LogP contribution in [0.1, 0.15) is 66.5 Å². The molecule has 7 heteroatoms. The van der Waals surface area contributed by atoms with Crippen molar-refractivity contribution in [1.82, 2.24) is 14.5 Å². The van der Waals surface area contributed by atoms with Gasteiger partial charge in [0.05, 0.1) is 18.1 Å². The molecule has 0 atom stereocenters. The van der Waals surface area contributed by atoms with E-state index in [4.69, 9.17) is 21.9 Å². The molecule has 0 aliphatic heterocycles. The van der Waals surface area contributed by atoms with Crippen LogP contribution in [0.15, 0.2) is 10.9 Å². The second-order valence-electron chi connectivity index (χ2n) is 6.63. The molecule has 0 saturated heterocycles. The zero-order valence-corrected chi connectivity index (χ0v) is 14.3. The summed E-state index contributed by atoms with van der Waals surface area (Å²) in [5.41, 5.74) is 1.29. The minimum atomic E-state index is -0.509. The number of nitrogens with one attached hydrogen (secondary N) is 1. The molecule has 2 heterocycles. The molecule has 0 bridgehead atoms. The van der Waals surface area contributed by atoms with Gasteiger partial charge in [-0.1, -0.05) is 12.8 Å². The van der Waals surface area contributed by atoms with Crippen molar-refractivity contribution in [3.8, 4) is 0 Å². The van der Waals surface area contributed by atoms with E-state index in [1.54, 1.807) is 6.07 Å².